The highest BCUT2D eigenvalue weighted by Gasteiger charge is 2.17. The first-order valence-electron chi connectivity index (χ1n) is 12.7. The molecule has 8 rings (SSSR count). The van der Waals surface area contributed by atoms with Crippen LogP contribution in [0, 0.1) is 41.5 Å². The molecule has 4 bridgehead atoms. The van der Waals surface area contributed by atoms with Crippen LogP contribution in [0.5, 0.6) is 0 Å². The van der Waals surface area contributed by atoms with Gasteiger partial charge >= 0.3 is 0 Å². The highest BCUT2D eigenvalue weighted by molar-refractivity contribution is 5.76. The third kappa shape index (κ3) is 4.23. The largest absolute Gasteiger partial charge is 0.0587 e. The smallest absolute Gasteiger partial charge is 0.0122 e. The summed E-state index contributed by atoms with van der Waals surface area (Å²) in [7, 11) is 0. The minimum absolute atomic E-state index is 1.06. The summed E-state index contributed by atoms with van der Waals surface area (Å²) in [6, 6.07) is 23.8. The number of hydrogen-bond acceptors (Lipinski definition) is 0. The molecule has 0 unspecified atom stereocenters. The van der Waals surface area contributed by atoms with Crippen LogP contribution in [0.25, 0.3) is 22.3 Å². The molecule has 0 spiro atoms. The lowest BCUT2D eigenvalue weighted by molar-refractivity contribution is 0.924. The first-order valence-corrected chi connectivity index (χ1v) is 12.7. The summed E-state index contributed by atoms with van der Waals surface area (Å²) in [5.74, 6) is 0. The van der Waals surface area contributed by atoms with E-state index in [0.717, 1.165) is 25.7 Å². The average Bonchev–Trinajstić information content (AvgIpc) is 2.75. The molecule has 0 fully saturated rings. The molecular weight excluding hydrogens is 408 g/mol. The Kier molecular flexibility index (Phi) is 5.94. The van der Waals surface area contributed by atoms with E-state index >= 15 is 0 Å². The van der Waals surface area contributed by atoms with Crippen molar-refractivity contribution in [3.63, 3.8) is 0 Å². The summed E-state index contributed by atoms with van der Waals surface area (Å²) in [6.07, 6.45) is 4.25. The van der Waals surface area contributed by atoms with Crippen molar-refractivity contribution in [1.82, 2.24) is 0 Å². The van der Waals surface area contributed by atoms with Crippen LogP contribution in [0.3, 0.4) is 0 Å². The Morgan fingerprint density at radius 1 is 0.412 bits per heavy atom. The molecule has 4 aromatic rings. The van der Waals surface area contributed by atoms with Crippen LogP contribution < -0.4 is 0 Å². The molecule has 0 saturated carbocycles. The number of aryl methyl sites for hydroxylation is 10. The maximum Gasteiger partial charge on any atom is -0.0122 e. The van der Waals surface area contributed by atoms with Crippen LogP contribution in [0.4, 0.5) is 0 Å². The second kappa shape index (κ2) is 8.91. The SMILES string of the molecule is Cc1cc(C)c(-c2cc3ccc2CCc2ccc(c(-c4c(C)cc(C)cc4C)c2)CC3)c(C)c1. The molecule has 0 atom stereocenters. The van der Waals surface area contributed by atoms with Crippen molar-refractivity contribution < 1.29 is 0 Å². The van der Waals surface area contributed by atoms with Crippen molar-refractivity contribution >= 4 is 0 Å². The molecule has 0 radical (unpaired) electrons. The second-order valence-electron chi connectivity index (χ2n) is 10.5. The fourth-order valence-corrected chi connectivity index (χ4v) is 6.23. The highest BCUT2D eigenvalue weighted by Crippen LogP contribution is 2.36. The van der Waals surface area contributed by atoms with Gasteiger partial charge in [-0.2, -0.15) is 0 Å². The molecular formula is C34H36. The van der Waals surface area contributed by atoms with Crippen molar-refractivity contribution in [1.29, 1.82) is 0 Å². The Morgan fingerprint density at radius 2 is 0.765 bits per heavy atom. The van der Waals surface area contributed by atoms with Gasteiger partial charge in [0.25, 0.3) is 0 Å². The first-order chi connectivity index (χ1) is 16.3. The van der Waals surface area contributed by atoms with E-state index in [1.807, 2.05) is 0 Å². The third-order valence-electron chi connectivity index (χ3n) is 7.61. The summed E-state index contributed by atoms with van der Waals surface area (Å²) >= 11 is 0. The Labute approximate surface area is 205 Å². The lowest BCUT2D eigenvalue weighted by Gasteiger charge is -2.21. The maximum absolute atomic E-state index is 2.48. The third-order valence-corrected chi connectivity index (χ3v) is 7.61. The van der Waals surface area contributed by atoms with Crippen molar-refractivity contribution in [2.45, 2.75) is 67.2 Å². The molecule has 4 aromatic carbocycles. The second-order valence-corrected chi connectivity index (χ2v) is 10.5. The Hall–Kier alpha value is -3.12. The predicted octanol–water partition coefficient (Wildman–Crippen LogP) is 8.75. The standard InChI is InChI=1S/C34H36/c1-21-15-23(3)33(24(4)16-21)31-19-27-7-11-29(31)13-9-28-8-12-30(14-10-27)32(20-28)34-25(5)17-22(2)18-26(34)6/h7-8,11-12,15-20H,9-10,13-14H2,1-6H3. The minimum Gasteiger partial charge on any atom is -0.0587 e. The van der Waals surface area contributed by atoms with Crippen LogP contribution in [0.1, 0.15) is 55.6 Å². The monoisotopic (exact) mass is 444 g/mol. The zero-order valence-electron chi connectivity index (χ0n) is 21.6. The topological polar surface area (TPSA) is 0 Å². The van der Waals surface area contributed by atoms with E-state index in [9.17, 15) is 0 Å². The Bertz CT molecular complexity index is 1240. The molecule has 0 aliphatic heterocycles. The number of rotatable bonds is 2. The molecule has 0 heterocycles. The fourth-order valence-electron chi connectivity index (χ4n) is 6.23. The molecule has 172 valence electrons. The average molecular weight is 445 g/mol. The van der Waals surface area contributed by atoms with Crippen molar-refractivity contribution in [3.05, 3.63) is 116 Å². The molecule has 4 aliphatic rings. The number of benzene rings is 4. The molecule has 4 aliphatic carbocycles. The lowest BCUT2D eigenvalue weighted by Crippen LogP contribution is -2.04. The number of hydrogen-bond donors (Lipinski definition) is 0. The molecule has 0 heteroatoms. The van der Waals surface area contributed by atoms with E-state index in [0.29, 0.717) is 0 Å². The zero-order valence-corrected chi connectivity index (χ0v) is 21.6. The summed E-state index contributed by atoms with van der Waals surface area (Å²) in [5, 5.41) is 0. The Morgan fingerprint density at radius 3 is 1.12 bits per heavy atom. The van der Waals surface area contributed by atoms with Gasteiger partial charge in [0, 0.05) is 0 Å². The summed E-state index contributed by atoms with van der Waals surface area (Å²) in [5.41, 5.74) is 19.8. The fraction of sp³-hybridized carbons (Fsp3) is 0.294. The molecule has 0 nitrogen and oxygen atoms in total. The van der Waals surface area contributed by atoms with Gasteiger partial charge in [0.05, 0.1) is 0 Å². The molecule has 0 aromatic heterocycles. The molecule has 0 saturated heterocycles. The van der Waals surface area contributed by atoms with Crippen LogP contribution in [-0.2, 0) is 25.7 Å². The first kappa shape index (κ1) is 22.7. The van der Waals surface area contributed by atoms with Gasteiger partial charge in [0.1, 0.15) is 0 Å². The highest BCUT2D eigenvalue weighted by atomic mass is 14.2. The molecule has 0 amide bonds. The van der Waals surface area contributed by atoms with Crippen LogP contribution in [-0.4, -0.2) is 0 Å². The van der Waals surface area contributed by atoms with Gasteiger partial charge in [-0.1, -0.05) is 71.8 Å². The van der Waals surface area contributed by atoms with Gasteiger partial charge in [0.2, 0.25) is 0 Å². The minimum atomic E-state index is 1.06. The van der Waals surface area contributed by atoms with E-state index in [4.69, 9.17) is 0 Å². The van der Waals surface area contributed by atoms with Gasteiger partial charge in [-0.05, 0) is 134 Å². The van der Waals surface area contributed by atoms with Gasteiger partial charge in [-0.25, -0.2) is 0 Å². The van der Waals surface area contributed by atoms with Gasteiger partial charge in [0.15, 0.2) is 0 Å². The van der Waals surface area contributed by atoms with Gasteiger partial charge < -0.3 is 0 Å². The van der Waals surface area contributed by atoms with Gasteiger partial charge in [-0.15, -0.1) is 0 Å². The van der Waals surface area contributed by atoms with Crippen molar-refractivity contribution in [3.8, 4) is 22.3 Å². The van der Waals surface area contributed by atoms with Crippen LogP contribution >= 0.6 is 0 Å². The van der Waals surface area contributed by atoms with Gasteiger partial charge in [-0.3, -0.25) is 0 Å². The predicted molar refractivity (Wildman–Crippen MR) is 147 cm³/mol. The van der Waals surface area contributed by atoms with Crippen molar-refractivity contribution in [2.75, 3.05) is 0 Å². The zero-order chi connectivity index (χ0) is 24.0. The summed E-state index contributed by atoms with van der Waals surface area (Å²) in [6.45, 7) is 13.5. The van der Waals surface area contributed by atoms with Crippen molar-refractivity contribution in [2.24, 2.45) is 0 Å². The summed E-state index contributed by atoms with van der Waals surface area (Å²) in [4.78, 5) is 0. The van der Waals surface area contributed by atoms with E-state index in [-0.39, 0.29) is 0 Å². The maximum atomic E-state index is 2.48. The van der Waals surface area contributed by atoms with E-state index < -0.39 is 0 Å². The Balaban J connectivity index is 1.61. The van der Waals surface area contributed by atoms with E-state index in [1.54, 1.807) is 0 Å². The van der Waals surface area contributed by atoms with E-state index in [1.165, 1.54) is 77.9 Å². The van der Waals surface area contributed by atoms with E-state index in [2.05, 4.69) is 102 Å². The normalized spacial score (nSPS) is 13.1. The quantitative estimate of drug-likeness (QED) is 0.290. The molecule has 34 heavy (non-hydrogen) atoms. The lowest BCUT2D eigenvalue weighted by atomic mass is 9.84. The summed E-state index contributed by atoms with van der Waals surface area (Å²) < 4.78 is 0. The molecule has 0 N–H and O–H groups in total. The van der Waals surface area contributed by atoms with Crippen LogP contribution in [0.2, 0.25) is 0 Å². The van der Waals surface area contributed by atoms with Crippen LogP contribution in [0.15, 0.2) is 60.7 Å².